The highest BCUT2D eigenvalue weighted by molar-refractivity contribution is 5.63. The largest absolute Gasteiger partial charge is 0.550 e. The summed E-state index contributed by atoms with van der Waals surface area (Å²) in [7, 11) is 0. The van der Waals surface area contributed by atoms with Gasteiger partial charge in [0.15, 0.2) is 0 Å². The molecule has 0 atom stereocenters. The van der Waals surface area contributed by atoms with Crippen LogP contribution in [0.5, 0.6) is 0 Å². The first kappa shape index (κ1) is 23.9. The van der Waals surface area contributed by atoms with E-state index in [-0.39, 0.29) is 6.42 Å². The van der Waals surface area contributed by atoms with Gasteiger partial charge in [0.25, 0.3) is 0 Å². The minimum absolute atomic E-state index is 0.208. The number of carbonyl (C=O) groups excluding carboxylic acids is 1. The second kappa shape index (κ2) is 22.9. The summed E-state index contributed by atoms with van der Waals surface area (Å²) in [6.07, 6.45) is 23.0. The van der Waals surface area contributed by atoms with E-state index in [1.807, 2.05) is 6.92 Å². The third-order valence-corrected chi connectivity index (χ3v) is 3.03. The molecule has 0 heterocycles. The van der Waals surface area contributed by atoms with Crippen molar-refractivity contribution in [2.75, 3.05) is 6.54 Å². The lowest BCUT2D eigenvalue weighted by molar-refractivity contribution is -0.361. The topological polar surface area (TPSA) is 67.8 Å². The smallest absolute Gasteiger partial charge is 0.0711 e. The molecule has 0 amide bonds. The fourth-order valence-electron chi connectivity index (χ4n) is 1.89. The Morgan fingerprint density at radius 3 is 1.87 bits per heavy atom. The summed E-state index contributed by atoms with van der Waals surface area (Å²) in [4.78, 5) is 10.2. The van der Waals surface area contributed by atoms with E-state index < -0.39 is 5.97 Å². The molecule has 0 radical (unpaired) electrons. The van der Waals surface area contributed by atoms with E-state index in [2.05, 4.69) is 49.1 Å². The van der Waals surface area contributed by atoms with E-state index in [0.29, 0.717) is 0 Å². The van der Waals surface area contributed by atoms with Crippen LogP contribution in [0.15, 0.2) is 36.5 Å². The number of carboxylic acid groups (broad SMARTS) is 1. The quantitative estimate of drug-likeness (QED) is 0.416. The Hall–Kier alpha value is -1.35. The normalized spacial score (nSPS) is 11.3. The van der Waals surface area contributed by atoms with Gasteiger partial charge in [-0.2, -0.15) is 0 Å². The minimum atomic E-state index is -0.925. The molecule has 0 spiro atoms. The van der Waals surface area contributed by atoms with E-state index in [4.69, 9.17) is 0 Å². The van der Waals surface area contributed by atoms with E-state index in [0.717, 1.165) is 51.5 Å². The molecule has 0 aromatic rings. The average Bonchev–Trinajstić information content (AvgIpc) is 2.51. The second-order valence-electron chi connectivity index (χ2n) is 5.47. The molecule has 134 valence electrons. The highest BCUT2D eigenvalue weighted by Gasteiger charge is 1.90. The first-order chi connectivity index (χ1) is 11.2. The molecule has 0 aromatic carbocycles. The van der Waals surface area contributed by atoms with Crippen molar-refractivity contribution in [3.05, 3.63) is 36.5 Å². The molecule has 3 nitrogen and oxygen atoms in total. The SMILES string of the molecule is CC/C=C\C/C=C\C/C=C\CCCCCCCC(=O)[O-].CC[NH3+]. The number of rotatable bonds is 13. The van der Waals surface area contributed by atoms with Crippen molar-refractivity contribution in [2.24, 2.45) is 0 Å². The predicted octanol–water partition coefficient (Wildman–Crippen LogP) is 3.57. The van der Waals surface area contributed by atoms with E-state index in [1.54, 1.807) is 0 Å². The molecular formula is C20H37NO2. The lowest BCUT2D eigenvalue weighted by Gasteiger charge is -2.01. The van der Waals surface area contributed by atoms with Crippen molar-refractivity contribution in [3.63, 3.8) is 0 Å². The predicted molar refractivity (Wildman–Crippen MR) is 97.7 cm³/mol. The van der Waals surface area contributed by atoms with Gasteiger partial charge in [-0.3, -0.25) is 0 Å². The highest BCUT2D eigenvalue weighted by Crippen LogP contribution is 2.07. The van der Waals surface area contributed by atoms with Crippen molar-refractivity contribution in [1.82, 2.24) is 0 Å². The number of unbranched alkanes of at least 4 members (excludes halogenated alkanes) is 5. The van der Waals surface area contributed by atoms with E-state index >= 15 is 0 Å². The van der Waals surface area contributed by atoms with Crippen LogP contribution in [0.2, 0.25) is 0 Å². The molecular weight excluding hydrogens is 286 g/mol. The summed E-state index contributed by atoms with van der Waals surface area (Å²) < 4.78 is 0. The number of hydrogen-bond donors (Lipinski definition) is 1. The molecule has 0 rings (SSSR count). The average molecular weight is 324 g/mol. The number of hydrogen-bond acceptors (Lipinski definition) is 2. The monoisotopic (exact) mass is 323 g/mol. The Bertz CT molecular complexity index is 320. The zero-order chi connectivity index (χ0) is 17.6. The second-order valence-corrected chi connectivity index (χ2v) is 5.47. The van der Waals surface area contributed by atoms with Crippen LogP contribution in [0.25, 0.3) is 0 Å². The standard InChI is InChI=1S/C18H30O2.C2H7N/c1-2-3-4-5-6-7-8-9-10-11-12-13-14-15-16-17-18(19)20;1-2-3/h3-4,6-7,9-10H,2,5,8,11-17H2,1H3,(H,19,20);2-3H2,1H3/b4-3-,7-6-,10-9-;. The summed E-state index contributed by atoms with van der Waals surface area (Å²) in [6.45, 7) is 5.16. The fraction of sp³-hybridized carbons (Fsp3) is 0.650. The van der Waals surface area contributed by atoms with Gasteiger partial charge >= 0.3 is 0 Å². The summed E-state index contributed by atoms with van der Waals surface area (Å²) in [5.41, 5.74) is 3.49. The lowest BCUT2D eigenvalue weighted by Crippen LogP contribution is -2.48. The van der Waals surface area contributed by atoms with Crippen LogP contribution < -0.4 is 10.8 Å². The Morgan fingerprint density at radius 2 is 1.30 bits per heavy atom. The van der Waals surface area contributed by atoms with Gasteiger partial charge in [0.2, 0.25) is 0 Å². The van der Waals surface area contributed by atoms with E-state index in [9.17, 15) is 9.90 Å². The highest BCUT2D eigenvalue weighted by atomic mass is 16.4. The van der Waals surface area contributed by atoms with Crippen LogP contribution in [-0.2, 0) is 4.79 Å². The van der Waals surface area contributed by atoms with Crippen LogP contribution in [0, 0.1) is 0 Å². The van der Waals surface area contributed by atoms with Gasteiger partial charge in [-0.25, -0.2) is 0 Å². The molecule has 0 saturated heterocycles. The molecule has 0 unspecified atom stereocenters. The molecule has 0 aliphatic carbocycles. The third-order valence-electron chi connectivity index (χ3n) is 3.03. The fourth-order valence-corrected chi connectivity index (χ4v) is 1.89. The molecule has 3 N–H and O–H groups in total. The maximum Gasteiger partial charge on any atom is 0.0711 e. The van der Waals surface area contributed by atoms with Gasteiger partial charge in [-0.1, -0.05) is 62.6 Å². The van der Waals surface area contributed by atoms with E-state index in [1.165, 1.54) is 12.8 Å². The number of carboxylic acids is 1. The Labute approximate surface area is 143 Å². The summed E-state index contributed by atoms with van der Waals surface area (Å²) in [5, 5.41) is 10.2. The van der Waals surface area contributed by atoms with Crippen molar-refractivity contribution in [3.8, 4) is 0 Å². The van der Waals surface area contributed by atoms with Crippen molar-refractivity contribution < 1.29 is 15.6 Å². The van der Waals surface area contributed by atoms with Gasteiger partial charge in [0.05, 0.1) is 6.54 Å². The maximum atomic E-state index is 10.2. The van der Waals surface area contributed by atoms with Crippen molar-refractivity contribution in [2.45, 2.75) is 78.1 Å². The molecule has 0 fully saturated rings. The zero-order valence-corrected chi connectivity index (χ0v) is 15.3. The van der Waals surface area contributed by atoms with Gasteiger partial charge in [0, 0.05) is 5.97 Å². The van der Waals surface area contributed by atoms with Crippen LogP contribution in [0.4, 0.5) is 0 Å². The molecule has 23 heavy (non-hydrogen) atoms. The molecule has 0 bridgehead atoms. The van der Waals surface area contributed by atoms with Gasteiger partial charge in [0.1, 0.15) is 0 Å². The molecule has 3 heteroatoms. The first-order valence-corrected chi connectivity index (χ1v) is 9.13. The van der Waals surface area contributed by atoms with Crippen LogP contribution in [0.1, 0.15) is 78.1 Å². The van der Waals surface area contributed by atoms with Crippen molar-refractivity contribution >= 4 is 5.97 Å². The summed E-state index contributed by atoms with van der Waals surface area (Å²) in [5.74, 6) is -0.925. The minimum Gasteiger partial charge on any atom is -0.550 e. The number of aliphatic carboxylic acids is 1. The molecule has 0 aliphatic heterocycles. The Kier molecular flexibility index (Phi) is 23.8. The maximum absolute atomic E-state index is 10.2. The van der Waals surface area contributed by atoms with Gasteiger partial charge < -0.3 is 15.6 Å². The number of quaternary nitrogens is 1. The van der Waals surface area contributed by atoms with Crippen LogP contribution in [-0.4, -0.2) is 12.5 Å². The summed E-state index contributed by atoms with van der Waals surface area (Å²) >= 11 is 0. The number of allylic oxidation sites excluding steroid dienone is 6. The van der Waals surface area contributed by atoms with Crippen molar-refractivity contribution in [1.29, 1.82) is 0 Å². The van der Waals surface area contributed by atoms with Gasteiger partial charge in [-0.05, 0) is 51.9 Å². The summed E-state index contributed by atoms with van der Waals surface area (Å²) in [6, 6.07) is 0. The third kappa shape index (κ3) is 29.3. The number of carbonyl (C=O) groups is 1. The van der Waals surface area contributed by atoms with Crippen LogP contribution >= 0.6 is 0 Å². The molecule has 0 saturated carbocycles. The zero-order valence-electron chi connectivity index (χ0n) is 15.3. The molecule has 0 aliphatic rings. The van der Waals surface area contributed by atoms with Gasteiger partial charge in [-0.15, -0.1) is 0 Å². The Balaban J connectivity index is 0. The molecule has 0 aromatic heterocycles. The van der Waals surface area contributed by atoms with Crippen LogP contribution in [0.3, 0.4) is 0 Å². The Morgan fingerprint density at radius 1 is 0.826 bits per heavy atom. The lowest BCUT2D eigenvalue weighted by atomic mass is 10.1. The first-order valence-electron chi connectivity index (χ1n) is 9.13.